The molecule has 2 rings (SSSR count). The van der Waals surface area contributed by atoms with Crippen LogP contribution in [0.2, 0.25) is 0 Å². The summed E-state index contributed by atoms with van der Waals surface area (Å²) in [6.07, 6.45) is 2.78. The van der Waals surface area contributed by atoms with E-state index in [4.69, 9.17) is 0 Å². The molecule has 118 valence electrons. The van der Waals surface area contributed by atoms with E-state index in [1.165, 1.54) is 18.4 Å². The predicted octanol–water partition coefficient (Wildman–Crippen LogP) is 1.21. The van der Waals surface area contributed by atoms with Crippen molar-refractivity contribution in [2.75, 3.05) is 19.8 Å². The zero-order valence-corrected chi connectivity index (χ0v) is 14.0. The van der Waals surface area contributed by atoms with E-state index in [-0.39, 0.29) is 6.54 Å². The lowest BCUT2D eigenvalue weighted by Crippen LogP contribution is -2.31. The molecule has 6 nitrogen and oxygen atoms in total. The van der Waals surface area contributed by atoms with E-state index in [1.54, 1.807) is 6.08 Å². The summed E-state index contributed by atoms with van der Waals surface area (Å²) < 4.78 is 26.6. The van der Waals surface area contributed by atoms with E-state index >= 15 is 0 Å². The molecule has 0 fully saturated rings. The highest BCUT2D eigenvalue weighted by Crippen LogP contribution is 2.16. The Hall–Kier alpha value is -1.77. The number of nitrogens with zero attached hydrogens (tertiary/aromatic N) is 3. The second-order valence-electron chi connectivity index (χ2n) is 4.78. The number of aromatic nitrogens is 1. The van der Waals surface area contributed by atoms with Crippen LogP contribution in [-0.2, 0) is 21.4 Å². The summed E-state index contributed by atoms with van der Waals surface area (Å²) in [5, 5.41) is 0. The number of fused-ring (bicyclic) bond motifs is 1. The lowest BCUT2D eigenvalue weighted by Gasteiger charge is -2.10. The van der Waals surface area contributed by atoms with Gasteiger partial charge in [-0.1, -0.05) is 29.5 Å². The Kier molecular flexibility index (Phi) is 4.94. The molecule has 0 spiro atoms. The predicted molar refractivity (Wildman–Crippen MR) is 88.1 cm³/mol. The molecule has 0 N–H and O–H groups in total. The van der Waals surface area contributed by atoms with Gasteiger partial charge in [-0.05, 0) is 12.1 Å². The van der Waals surface area contributed by atoms with Crippen LogP contribution in [0.1, 0.15) is 0 Å². The summed E-state index contributed by atoms with van der Waals surface area (Å²) in [5.74, 6) is -0.503. The smallest absolute Gasteiger partial charge is 0.263 e. The van der Waals surface area contributed by atoms with Gasteiger partial charge in [-0.25, -0.2) is 8.42 Å². The zero-order valence-electron chi connectivity index (χ0n) is 12.4. The highest BCUT2D eigenvalue weighted by molar-refractivity contribution is 7.88. The molecule has 8 heteroatoms. The van der Waals surface area contributed by atoms with Gasteiger partial charge < -0.3 is 4.57 Å². The molecule has 0 saturated heterocycles. The van der Waals surface area contributed by atoms with E-state index in [0.29, 0.717) is 11.3 Å². The van der Waals surface area contributed by atoms with Gasteiger partial charge in [0.15, 0.2) is 4.80 Å². The lowest BCUT2D eigenvalue weighted by molar-refractivity contribution is -0.118. The molecule has 1 aromatic carbocycles. The summed E-state index contributed by atoms with van der Waals surface area (Å²) in [5.41, 5.74) is 0.968. The van der Waals surface area contributed by atoms with Crippen molar-refractivity contribution in [3.8, 4) is 0 Å². The number of allylic oxidation sites excluding steroid dienone is 1. The number of hydrogen-bond acceptors (Lipinski definition) is 4. The fourth-order valence-electron chi connectivity index (χ4n) is 1.86. The molecule has 22 heavy (non-hydrogen) atoms. The highest BCUT2D eigenvalue weighted by atomic mass is 32.2. The van der Waals surface area contributed by atoms with Crippen LogP contribution in [0, 0.1) is 0 Å². The molecule has 0 bridgehead atoms. The number of thiazole rings is 1. The Balaban J connectivity index is 2.43. The number of rotatable bonds is 5. The first kappa shape index (κ1) is 16.6. The average Bonchev–Trinajstić information content (AvgIpc) is 2.76. The third kappa shape index (κ3) is 3.70. The van der Waals surface area contributed by atoms with E-state index in [9.17, 15) is 13.2 Å². The van der Waals surface area contributed by atoms with E-state index < -0.39 is 15.9 Å². The summed E-state index contributed by atoms with van der Waals surface area (Å²) in [6, 6.07) is 7.73. The standard InChI is InChI=1S/C14H17N3O3S2/c1-4-9-17-11-7-5-6-8-12(11)21-14(17)15-13(18)10-16(2)22(3,19)20/h4-8H,1,9-10H2,2-3H3. The first-order valence-electron chi connectivity index (χ1n) is 6.51. The largest absolute Gasteiger partial charge is 0.313 e. The molecule has 0 atom stereocenters. The van der Waals surface area contributed by atoms with Crippen LogP contribution in [0.25, 0.3) is 10.2 Å². The highest BCUT2D eigenvalue weighted by Gasteiger charge is 2.15. The molecule has 1 heterocycles. The van der Waals surface area contributed by atoms with Gasteiger partial charge in [-0.2, -0.15) is 9.30 Å². The van der Waals surface area contributed by atoms with E-state index in [2.05, 4.69) is 11.6 Å². The molecule has 2 aromatic rings. The summed E-state index contributed by atoms with van der Waals surface area (Å²) >= 11 is 1.39. The van der Waals surface area contributed by atoms with Crippen molar-refractivity contribution in [1.82, 2.24) is 8.87 Å². The van der Waals surface area contributed by atoms with Gasteiger partial charge in [-0.3, -0.25) is 4.79 Å². The molecule has 0 saturated carbocycles. The van der Waals surface area contributed by atoms with Crippen LogP contribution in [0.5, 0.6) is 0 Å². The normalized spacial score (nSPS) is 13.0. The van der Waals surface area contributed by atoms with Crippen molar-refractivity contribution in [2.24, 2.45) is 4.99 Å². The maximum Gasteiger partial charge on any atom is 0.263 e. The van der Waals surface area contributed by atoms with Crippen molar-refractivity contribution < 1.29 is 13.2 Å². The third-order valence-electron chi connectivity index (χ3n) is 3.04. The molecule has 1 amide bonds. The number of sulfonamides is 1. The Bertz CT molecular complexity index is 878. The first-order valence-corrected chi connectivity index (χ1v) is 9.17. The number of likely N-dealkylation sites (N-methyl/N-ethyl adjacent to an activating group) is 1. The minimum atomic E-state index is -3.40. The summed E-state index contributed by atoms with van der Waals surface area (Å²) in [4.78, 5) is 16.6. The lowest BCUT2D eigenvalue weighted by atomic mass is 10.3. The number of carbonyl (C=O) groups is 1. The van der Waals surface area contributed by atoms with E-state index in [0.717, 1.165) is 20.8 Å². The summed E-state index contributed by atoms with van der Waals surface area (Å²) in [7, 11) is -2.05. The number of para-hydroxylation sites is 1. The van der Waals surface area contributed by atoms with Crippen LogP contribution in [0.15, 0.2) is 41.9 Å². The van der Waals surface area contributed by atoms with Crippen LogP contribution >= 0.6 is 11.3 Å². The quantitative estimate of drug-likeness (QED) is 0.769. The number of hydrogen-bond donors (Lipinski definition) is 0. The molecule has 0 unspecified atom stereocenters. The van der Waals surface area contributed by atoms with Crippen molar-refractivity contribution in [3.05, 3.63) is 41.7 Å². The average molecular weight is 339 g/mol. The second kappa shape index (κ2) is 6.55. The minimum Gasteiger partial charge on any atom is -0.313 e. The molecule has 1 aromatic heterocycles. The van der Waals surface area contributed by atoms with Gasteiger partial charge in [0.1, 0.15) is 0 Å². The van der Waals surface area contributed by atoms with Crippen LogP contribution in [0.4, 0.5) is 0 Å². The fourth-order valence-corrected chi connectivity index (χ4v) is 3.26. The minimum absolute atomic E-state index is 0.277. The molecule has 0 aliphatic carbocycles. The fraction of sp³-hybridized carbons (Fsp3) is 0.286. The van der Waals surface area contributed by atoms with Gasteiger partial charge in [0.05, 0.1) is 23.0 Å². The second-order valence-corrected chi connectivity index (χ2v) is 7.87. The third-order valence-corrected chi connectivity index (χ3v) is 5.37. The maximum absolute atomic E-state index is 12.0. The van der Waals surface area contributed by atoms with Crippen molar-refractivity contribution >= 4 is 37.5 Å². The topological polar surface area (TPSA) is 71.7 Å². The van der Waals surface area contributed by atoms with Crippen LogP contribution < -0.4 is 4.80 Å². The van der Waals surface area contributed by atoms with Crippen LogP contribution in [-0.4, -0.2) is 43.0 Å². The van der Waals surface area contributed by atoms with Crippen molar-refractivity contribution in [1.29, 1.82) is 0 Å². The molecular formula is C14H17N3O3S2. The summed E-state index contributed by atoms with van der Waals surface area (Å²) in [6.45, 7) is 3.96. The van der Waals surface area contributed by atoms with Gasteiger partial charge >= 0.3 is 0 Å². The number of carbonyl (C=O) groups excluding carboxylic acids is 1. The number of benzene rings is 1. The van der Waals surface area contributed by atoms with Crippen LogP contribution in [0.3, 0.4) is 0 Å². The molecule has 0 aliphatic heterocycles. The first-order chi connectivity index (χ1) is 10.3. The Labute approximate surface area is 133 Å². The maximum atomic E-state index is 12.0. The molecule has 0 aliphatic rings. The van der Waals surface area contributed by atoms with Gasteiger partial charge in [0.2, 0.25) is 10.0 Å². The molecule has 0 radical (unpaired) electrons. The Morgan fingerprint density at radius 1 is 1.45 bits per heavy atom. The number of amides is 1. The SMILES string of the molecule is C=CCn1c(=NC(=O)CN(C)S(C)(=O)=O)sc2ccccc21. The van der Waals surface area contributed by atoms with Crippen molar-refractivity contribution in [2.45, 2.75) is 6.54 Å². The van der Waals surface area contributed by atoms with E-state index in [1.807, 2.05) is 28.8 Å². The Morgan fingerprint density at radius 2 is 2.14 bits per heavy atom. The Morgan fingerprint density at radius 3 is 2.77 bits per heavy atom. The monoisotopic (exact) mass is 339 g/mol. The molecular weight excluding hydrogens is 322 g/mol. The van der Waals surface area contributed by atoms with Crippen molar-refractivity contribution in [3.63, 3.8) is 0 Å². The van der Waals surface area contributed by atoms with Gasteiger partial charge in [-0.15, -0.1) is 6.58 Å². The van der Waals surface area contributed by atoms with Gasteiger partial charge in [0, 0.05) is 13.6 Å². The zero-order chi connectivity index (χ0) is 16.3. The van der Waals surface area contributed by atoms with Gasteiger partial charge in [0.25, 0.3) is 5.91 Å².